The maximum Gasteiger partial charge on any atom is 0.265 e. The van der Waals surface area contributed by atoms with Gasteiger partial charge in [-0.3, -0.25) is 20.1 Å². The van der Waals surface area contributed by atoms with Gasteiger partial charge in [0, 0.05) is 6.54 Å². The van der Waals surface area contributed by atoms with Crippen LogP contribution in [-0.2, 0) is 4.79 Å². The molecule has 2 aliphatic heterocycles. The summed E-state index contributed by atoms with van der Waals surface area (Å²) in [5.74, 6) is 0.237. The van der Waals surface area contributed by atoms with Crippen molar-refractivity contribution in [3.63, 3.8) is 0 Å². The van der Waals surface area contributed by atoms with Crippen molar-refractivity contribution in [3.8, 4) is 0 Å². The van der Waals surface area contributed by atoms with Gasteiger partial charge in [0.15, 0.2) is 0 Å². The minimum atomic E-state index is -0.668. The molecule has 0 radical (unpaired) electrons. The van der Waals surface area contributed by atoms with Crippen LogP contribution in [0.15, 0.2) is 24.3 Å². The lowest BCUT2D eigenvalue weighted by Crippen LogP contribution is -2.64. The standard InChI is InChI=1S/C21H30FN3O/c1-15(2)14-25-20(26)21(4,24-10-6-5-7-11-24)13-19(23-25)17-8-9-18(22)16(3)12-17/h8-9,12-13,15,23H,5-7,10-11,14H2,1-4H3. The minimum Gasteiger partial charge on any atom is -0.296 e. The number of carbonyl (C=O) groups is 1. The fourth-order valence-corrected chi connectivity index (χ4v) is 3.88. The largest absolute Gasteiger partial charge is 0.296 e. The summed E-state index contributed by atoms with van der Waals surface area (Å²) in [7, 11) is 0. The Morgan fingerprint density at radius 1 is 1.23 bits per heavy atom. The van der Waals surface area contributed by atoms with Crippen molar-refractivity contribution in [2.75, 3.05) is 19.6 Å². The number of hydrogen-bond donors (Lipinski definition) is 1. The zero-order chi connectivity index (χ0) is 18.9. The van der Waals surface area contributed by atoms with Crippen molar-refractivity contribution >= 4 is 11.6 Å². The monoisotopic (exact) mass is 359 g/mol. The van der Waals surface area contributed by atoms with Crippen LogP contribution in [0.2, 0.25) is 0 Å². The van der Waals surface area contributed by atoms with Gasteiger partial charge in [0.1, 0.15) is 11.4 Å². The summed E-state index contributed by atoms with van der Waals surface area (Å²) in [5.41, 5.74) is 5.01. The molecule has 142 valence electrons. The first kappa shape index (κ1) is 18.9. The van der Waals surface area contributed by atoms with E-state index in [9.17, 15) is 9.18 Å². The molecular formula is C21H30FN3O. The van der Waals surface area contributed by atoms with Crippen LogP contribution < -0.4 is 5.43 Å². The van der Waals surface area contributed by atoms with E-state index in [-0.39, 0.29) is 11.7 Å². The van der Waals surface area contributed by atoms with Crippen LogP contribution >= 0.6 is 0 Å². The first-order valence-electron chi connectivity index (χ1n) is 9.64. The summed E-state index contributed by atoms with van der Waals surface area (Å²) in [6.45, 7) is 10.5. The number of nitrogens with zero attached hydrogens (tertiary/aromatic N) is 2. The van der Waals surface area contributed by atoms with Crippen molar-refractivity contribution in [2.24, 2.45) is 5.92 Å². The number of nitrogens with one attached hydrogen (secondary N) is 1. The molecule has 2 aliphatic rings. The molecule has 1 amide bonds. The first-order chi connectivity index (χ1) is 12.3. The third-order valence-electron chi connectivity index (χ3n) is 5.39. The van der Waals surface area contributed by atoms with Gasteiger partial charge in [0.2, 0.25) is 0 Å². The van der Waals surface area contributed by atoms with E-state index in [2.05, 4.69) is 24.2 Å². The Morgan fingerprint density at radius 2 is 1.92 bits per heavy atom. The van der Waals surface area contributed by atoms with E-state index in [0.29, 0.717) is 18.0 Å². The number of aryl methyl sites for hydroxylation is 1. The average Bonchev–Trinajstić information content (AvgIpc) is 2.61. The van der Waals surface area contributed by atoms with Gasteiger partial charge >= 0.3 is 0 Å². The average molecular weight is 359 g/mol. The van der Waals surface area contributed by atoms with Gasteiger partial charge in [-0.15, -0.1) is 0 Å². The van der Waals surface area contributed by atoms with Crippen molar-refractivity contribution < 1.29 is 9.18 Å². The predicted octanol–water partition coefficient (Wildman–Crippen LogP) is 3.72. The molecule has 0 aromatic heterocycles. The molecule has 4 nitrogen and oxygen atoms in total. The minimum absolute atomic E-state index is 0.0932. The maximum absolute atomic E-state index is 13.7. The lowest BCUT2D eigenvalue weighted by molar-refractivity contribution is -0.145. The summed E-state index contributed by atoms with van der Waals surface area (Å²) >= 11 is 0. The van der Waals surface area contributed by atoms with Crippen LogP contribution in [-0.4, -0.2) is 41.0 Å². The molecule has 1 unspecified atom stereocenters. The Balaban J connectivity index is 2.01. The van der Waals surface area contributed by atoms with E-state index in [1.807, 2.05) is 19.1 Å². The Kier molecular flexibility index (Phi) is 5.37. The summed E-state index contributed by atoms with van der Waals surface area (Å²) in [4.78, 5) is 15.6. The van der Waals surface area contributed by atoms with Gasteiger partial charge in [-0.1, -0.05) is 20.3 Å². The number of benzene rings is 1. The lowest BCUT2D eigenvalue weighted by atomic mass is 9.90. The lowest BCUT2D eigenvalue weighted by Gasteiger charge is -2.46. The van der Waals surface area contributed by atoms with Crippen LogP contribution in [0.1, 0.15) is 51.2 Å². The van der Waals surface area contributed by atoms with Gasteiger partial charge < -0.3 is 0 Å². The molecule has 26 heavy (non-hydrogen) atoms. The van der Waals surface area contributed by atoms with Gasteiger partial charge in [0.25, 0.3) is 5.91 Å². The van der Waals surface area contributed by atoms with E-state index in [1.54, 1.807) is 18.0 Å². The molecule has 2 heterocycles. The highest BCUT2D eigenvalue weighted by Crippen LogP contribution is 2.31. The predicted molar refractivity (Wildman–Crippen MR) is 103 cm³/mol. The number of piperidine rings is 1. The molecule has 1 atom stereocenters. The molecule has 1 saturated heterocycles. The van der Waals surface area contributed by atoms with Crippen LogP contribution in [0.4, 0.5) is 4.39 Å². The molecule has 1 N–H and O–H groups in total. The highest BCUT2D eigenvalue weighted by atomic mass is 19.1. The SMILES string of the molecule is Cc1cc(C2=CC(C)(N3CCCCC3)C(=O)N(CC(C)C)N2)ccc1F. The van der Waals surface area contributed by atoms with Crippen molar-refractivity contribution in [2.45, 2.75) is 52.5 Å². The Labute approximate surface area is 156 Å². The molecule has 1 aromatic rings. The Morgan fingerprint density at radius 3 is 2.54 bits per heavy atom. The fourth-order valence-electron chi connectivity index (χ4n) is 3.88. The second kappa shape index (κ2) is 7.39. The van der Waals surface area contributed by atoms with E-state index >= 15 is 0 Å². The number of hydrazine groups is 1. The maximum atomic E-state index is 13.7. The third-order valence-corrected chi connectivity index (χ3v) is 5.39. The van der Waals surface area contributed by atoms with Gasteiger partial charge in [0.05, 0.1) is 5.70 Å². The third kappa shape index (κ3) is 3.63. The summed E-state index contributed by atoms with van der Waals surface area (Å²) in [6.07, 6.45) is 5.51. The van der Waals surface area contributed by atoms with Gasteiger partial charge in [-0.2, -0.15) is 0 Å². The van der Waals surface area contributed by atoms with E-state index in [0.717, 1.165) is 37.2 Å². The summed E-state index contributed by atoms with van der Waals surface area (Å²) in [6, 6.07) is 5.11. The quantitative estimate of drug-likeness (QED) is 0.890. The highest BCUT2D eigenvalue weighted by molar-refractivity contribution is 5.93. The van der Waals surface area contributed by atoms with Gasteiger partial charge in [-0.25, -0.2) is 4.39 Å². The van der Waals surface area contributed by atoms with E-state index in [4.69, 9.17) is 0 Å². The molecule has 5 heteroatoms. The Hall–Kier alpha value is -1.88. The second-order valence-corrected chi connectivity index (χ2v) is 8.14. The number of rotatable bonds is 4. The summed E-state index contributed by atoms with van der Waals surface area (Å²) in [5, 5.41) is 1.74. The number of carbonyl (C=O) groups excluding carboxylic acids is 1. The first-order valence-corrected chi connectivity index (χ1v) is 9.64. The fraction of sp³-hybridized carbons (Fsp3) is 0.571. The van der Waals surface area contributed by atoms with Gasteiger partial charge in [-0.05, 0) is 81.1 Å². The highest BCUT2D eigenvalue weighted by Gasteiger charge is 2.44. The molecule has 0 aliphatic carbocycles. The molecule has 3 rings (SSSR count). The molecule has 0 spiro atoms. The zero-order valence-electron chi connectivity index (χ0n) is 16.3. The van der Waals surface area contributed by atoms with Crippen molar-refractivity contribution in [1.82, 2.24) is 15.3 Å². The van der Waals surface area contributed by atoms with E-state index in [1.165, 1.54) is 12.5 Å². The molecule has 1 fully saturated rings. The molecular weight excluding hydrogens is 329 g/mol. The number of amides is 1. The topological polar surface area (TPSA) is 35.6 Å². The summed E-state index contributed by atoms with van der Waals surface area (Å²) < 4.78 is 13.7. The van der Waals surface area contributed by atoms with Crippen LogP contribution in [0.25, 0.3) is 5.70 Å². The number of hydrogen-bond acceptors (Lipinski definition) is 3. The Bertz CT molecular complexity index is 709. The van der Waals surface area contributed by atoms with Crippen molar-refractivity contribution in [3.05, 3.63) is 41.2 Å². The smallest absolute Gasteiger partial charge is 0.265 e. The van der Waals surface area contributed by atoms with Crippen molar-refractivity contribution in [1.29, 1.82) is 0 Å². The zero-order valence-corrected chi connectivity index (χ0v) is 16.3. The second-order valence-electron chi connectivity index (χ2n) is 8.14. The molecule has 0 saturated carbocycles. The number of halogens is 1. The van der Waals surface area contributed by atoms with E-state index < -0.39 is 5.54 Å². The molecule has 1 aromatic carbocycles. The van der Waals surface area contributed by atoms with Crippen LogP contribution in [0.5, 0.6) is 0 Å². The van der Waals surface area contributed by atoms with Crippen LogP contribution in [0, 0.1) is 18.7 Å². The number of likely N-dealkylation sites (tertiary alicyclic amines) is 1. The van der Waals surface area contributed by atoms with Crippen LogP contribution in [0.3, 0.4) is 0 Å². The normalized spacial score (nSPS) is 24.6. The molecule has 0 bridgehead atoms.